The molecule has 0 heterocycles. The van der Waals surface area contributed by atoms with Gasteiger partial charge in [0.2, 0.25) is 5.91 Å². The van der Waals surface area contributed by atoms with Gasteiger partial charge in [0.25, 0.3) is 5.69 Å². The fraction of sp³-hybridized carbons (Fsp3) is 0.263. The van der Waals surface area contributed by atoms with Crippen LogP contribution in [0.1, 0.15) is 22.8 Å². The number of ether oxygens (including phenoxy) is 2. The average Bonchev–Trinajstić information content (AvgIpc) is 2.68. The van der Waals surface area contributed by atoms with Crippen molar-refractivity contribution in [2.75, 3.05) is 24.9 Å². The van der Waals surface area contributed by atoms with E-state index in [1.165, 1.54) is 32.4 Å². The molecule has 0 aliphatic rings. The maximum absolute atomic E-state index is 12.5. The minimum absolute atomic E-state index is 0.142. The minimum Gasteiger partial charge on any atom is -0.494 e. The van der Waals surface area contributed by atoms with E-state index in [1.807, 2.05) is 6.92 Å². The predicted octanol–water partition coefficient (Wildman–Crippen LogP) is 3.14. The lowest BCUT2D eigenvalue weighted by Gasteiger charge is -2.18. The number of benzene rings is 2. The molecule has 2 N–H and O–H groups in total. The van der Waals surface area contributed by atoms with E-state index in [1.54, 1.807) is 25.1 Å². The van der Waals surface area contributed by atoms with Crippen LogP contribution in [0.15, 0.2) is 36.4 Å². The van der Waals surface area contributed by atoms with Crippen molar-refractivity contribution in [3.8, 4) is 5.75 Å². The van der Waals surface area contributed by atoms with Crippen molar-refractivity contribution in [3.05, 3.63) is 57.6 Å². The van der Waals surface area contributed by atoms with Crippen molar-refractivity contribution in [1.82, 2.24) is 0 Å². The Balaban J connectivity index is 2.16. The molecule has 0 aliphatic heterocycles. The van der Waals surface area contributed by atoms with E-state index >= 15 is 0 Å². The van der Waals surface area contributed by atoms with Crippen LogP contribution in [0.2, 0.25) is 0 Å². The number of nitro benzene ring substituents is 1. The molecule has 0 aliphatic carbocycles. The highest BCUT2D eigenvalue weighted by Crippen LogP contribution is 2.29. The normalized spacial score (nSPS) is 11.3. The second-order valence-corrected chi connectivity index (χ2v) is 6.02. The summed E-state index contributed by atoms with van der Waals surface area (Å²) < 4.78 is 9.82. The zero-order chi connectivity index (χ0) is 20.8. The van der Waals surface area contributed by atoms with Crippen LogP contribution >= 0.6 is 0 Å². The van der Waals surface area contributed by atoms with Crippen LogP contribution < -0.4 is 15.4 Å². The lowest BCUT2D eigenvalue weighted by Crippen LogP contribution is -2.32. The predicted molar refractivity (Wildman–Crippen MR) is 104 cm³/mol. The Bertz CT molecular complexity index is 913. The van der Waals surface area contributed by atoms with Crippen LogP contribution in [-0.4, -0.2) is 37.1 Å². The number of carbonyl (C=O) groups is 2. The van der Waals surface area contributed by atoms with Crippen molar-refractivity contribution < 1.29 is 24.0 Å². The number of rotatable bonds is 7. The molecule has 148 valence electrons. The molecule has 2 aromatic carbocycles. The highest BCUT2D eigenvalue weighted by atomic mass is 16.6. The van der Waals surface area contributed by atoms with E-state index < -0.39 is 16.9 Å². The smallest absolute Gasteiger partial charge is 0.337 e. The molecule has 1 amide bonds. The third kappa shape index (κ3) is 4.76. The number of esters is 1. The van der Waals surface area contributed by atoms with E-state index in [0.717, 1.165) is 5.56 Å². The number of anilines is 2. The van der Waals surface area contributed by atoms with Gasteiger partial charge in [-0.3, -0.25) is 14.9 Å². The van der Waals surface area contributed by atoms with Crippen molar-refractivity contribution in [1.29, 1.82) is 0 Å². The molecule has 9 heteroatoms. The maximum atomic E-state index is 12.5. The molecule has 0 saturated heterocycles. The minimum atomic E-state index is -0.661. The first-order chi connectivity index (χ1) is 13.3. The number of nitrogens with zero attached hydrogens (tertiary/aromatic N) is 1. The van der Waals surface area contributed by atoms with Crippen LogP contribution in [0.5, 0.6) is 5.75 Å². The third-order valence-corrected chi connectivity index (χ3v) is 4.08. The third-order valence-electron chi connectivity index (χ3n) is 4.08. The molecule has 0 spiro atoms. The fourth-order valence-electron chi connectivity index (χ4n) is 2.46. The quantitative estimate of drug-likeness (QED) is 0.425. The maximum Gasteiger partial charge on any atom is 0.337 e. The van der Waals surface area contributed by atoms with Gasteiger partial charge in [-0.2, -0.15) is 0 Å². The summed E-state index contributed by atoms with van der Waals surface area (Å²) in [6, 6.07) is 8.25. The van der Waals surface area contributed by atoms with E-state index in [0.29, 0.717) is 16.9 Å². The van der Waals surface area contributed by atoms with Crippen molar-refractivity contribution in [2.45, 2.75) is 19.9 Å². The summed E-state index contributed by atoms with van der Waals surface area (Å²) in [6.07, 6.45) is 0. The summed E-state index contributed by atoms with van der Waals surface area (Å²) in [6.45, 7) is 3.49. The topological polar surface area (TPSA) is 120 Å². The molecule has 0 fully saturated rings. The monoisotopic (exact) mass is 387 g/mol. The van der Waals surface area contributed by atoms with Crippen LogP contribution in [-0.2, 0) is 9.53 Å². The number of amides is 1. The molecule has 2 rings (SSSR count). The second kappa shape index (κ2) is 8.85. The SMILES string of the molecule is COC(=O)c1ccc(C)c(N[C@@H](C)C(=O)Nc2ccc([N+](=O)[O-])cc2OC)c1. The van der Waals surface area contributed by atoms with Gasteiger partial charge in [-0.25, -0.2) is 4.79 Å². The Morgan fingerprint density at radius 3 is 2.43 bits per heavy atom. The molecular weight excluding hydrogens is 366 g/mol. The van der Waals surface area contributed by atoms with Gasteiger partial charge in [0.05, 0.1) is 36.5 Å². The molecule has 9 nitrogen and oxygen atoms in total. The number of nitrogens with one attached hydrogen (secondary N) is 2. The lowest BCUT2D eigenvalue weighted by molar-refractivity contribution is -0.384. The van der Waals surface area contributed by atoms with Crippen LogP contribution in [0.25, 0.3) is 0 Å². The van der Waals surface area contributed by atoms with Gasteiger partial charge in [0.15, 0.2) is 0 Å². The summed E-state index contributed by atoms with van der Waals surface area (Å²) >= 11 is 0. The van der Waals surface area contributed by atoms with Gasteiger partial charge in [-0.05, 0) is 37.6 Å². The van der Waals surface area contributed by atoms with Gasteiger partial charge >= 0.3 is 5.97 Å². The highest BCUT2D eigenvalue weighted by Gasteiger charge is 2.18. The van der Waals surface area contributed by atoms with Crippen molar-refractivity contribution in [3.63, 3.8) is 0 Å². The van der Waals surface area contributed by atoms with Gasteiger partial charge in [-0.1, -0.05) is 6.07 Å². The second-order valence-electron chi connectivity index (χ2n) is 6.02. The Kier molecular flexibility index (Phi) is 6.54. The molecular formula is C19H21N3O6. The number of methoxy groups -OCH3 is 2. The molecule has 0 saturated carbocycles. The zero-order valence-corrected chi connectivity index (χ0v) is 15.9. The molecule has 1 atom stereocenters. The molecule has 0 aromatic heterocycles. The summed E-state index contributed by atoms with van der Waals surface area (Å²) in [5.41, 5.74) is 1.99. The van der Waals surface area contributed by atoms with E-state index in [9.17, 15) is 19.7 Å². The van der Waals surface area contributed by atoms with Crippen molar-refractivity contribution in [2.24, 2.45) is 0 Å². The Morgan fingerprint density at radius 2 is 1.82 bits per heavy atom. The molecule has 0 bridgehead atoms. The molecule has 28 heavy (non-hydrogen) atoms. The first kappa shape index (κ1) is 20.7. The van der Waals surface area contributed by atoms with E-state index in [4.69, 9.17) is 9.47 Å². The zero-order valence-electron chi connectivity index (χ0n) is 15.9. The van der Waals surface area contributed by atoms with Gasteiger partial charge in [0, 0.05) is 11.8 Å². The fourth-order valence-corrected chi connectivity index (χ4v) is 2.46. The number of aryl methyl sites for hydroxylation is 1. The largest absolute Gasteiger partial charge is 0.494 e. The van der Waals surface area contributed by atoms with Crippen LogP contribution in [0, 0.1) is 17.0 Å². The number of hydrogen-bond acceptors (Lipinski definition) is 7. The number of hydrogen-bond donors (Lipinski definition) is 2. The van der Waals surface area contributed by atoms with Gasteiger partial charge < -0.3 is 20.1 Å². The number of nitro groups is 1. The summed E-state index contributed by atoms with van der Waals surface area (Å²) in [5, 5.41) is 16.6. The Hall–Kier alpha value is -3.62. The Morgan fingerprint density at radius 1 is 1.11 bits per heavy atom. The number of non-ortho nitro benzene ring substituents is 1. The Labute approximate surface area is 161 Å². The van der Waals surface area contributed by atoms with Crippen LogP contribution in [0.3, 0.4) is 0 Å². The number of carbonyl (C=O) groups excluding carboxylic acids is 2. The molecule has 0 radical (unpaired) electrons. The molecule has 2 aromatic rings. The average molecular weight is 387 g/mol. The first-order valence-electron chi connectivity index (χ1n) is 8.35. The van der Waals surface area contributed by atoms with Crippen molar-refractivity contribution >= 4 is 28.9 Å². The summed E-state index contributed by atoms with van der Waals surface area (Å²) in [5.74, 6) is -0.676. The standard InChI is InChI=1S/C19H21N3O6/c1-11-5-6-13(19(24)28-4)9-16(11)20-12(2)18(23)21-15-8-7-14(22(25)26)10-17(15)27-3/h5-10,12,20H,1-4H3,(H,21,23)/t12-/m0/s1. The van der Waals surface area contributed by atoms with E-state index in [-0.39, 0.29) is 17.3 Å². The summed E-state index contributed by atoms with van der Waals surface area (Å²) in [4.78, 5) is 34.5. The van der Waals surface area contributed by atoms with Gasteiger partial charge in [0.1, 0.15) is 11.8 Å². The van der Waals surface area contributed by atoms with Gasteiger partial charge in [-0.15, -0.1) is 0 Å². The van der Waals surface area contributed by atoms with E-state index in [2.05, 4.69) is 10.6 Å². The summed E-state index contributed by atoms with van der Waals surface area (Å²) in [7, 11) is 2.65. The molecule has 0 unspecified atom stereocenters. The highest BCUT2D eigenvalue weighted by molar-refractivity contribution is 5.98. The first-order valence-corrected chi connectivity index (χ1v) is 8.35. The lowest BCUT2D eigenvalue weighted by atomic mass is 10.1. The van der Waals surface area contributed by atoms with Crippen LogP contribution in [0.4, 0.5) is 17.1 Å².